The standard InChI is InChI=1S/C18H25NO3/c1-12(10-19-11-14(17(21)22)9-16(19)20)13-5-7-15(8-6-13)18(2,3)4/h5-8,12,14H,9-11H2,1-4H3,(H,21,22)/t12-,14-/m1/s1. The molecule has 22 heavy (non-hydrogen) atoms. The molecule has 4 heteroatoms. The van der Waals surface area contributed by atoms with E-state index in [1.807, 2.05) is 0 Å². The van der Waals surface area contributed by atoms with Crippen LogP contribution >= 0.6 is 0 Å². The minimum atomic E-state index is -0.877. The molecule has 1 aromatic carbocycles. The maximum Gasteiger partial charge on any atom is 0.308 e. The highest BCUT2D eigenvalue weighted by Gasteiger charge is 2.34. The third kappa shape index (κ3) is 3.67. The van der Waals surface area contributed by atoms with Gasteiger partial charge < -0.3 is 10.0 Å². The summed E-state index contributed by atoms with van der Waals surface area (Å²) < 4.78 is 0. The van der Waals surface area contributed by atoms with Crippen LogP contribution in [-0.2, 0) is 15.0 Å². The zero-order valence-corrected chi connectivity index (χ0v) is 13.8. The molecule has 0 aliphatic carbocycles. The van der Waals surface area contributed by atoms with E-state index >= 15 is 0 Å². The van der Waals surface area contributed by atoms with Crippen molar-refractivity contribution in [2.24, 2.45) is 5.92 Å². The van der Waals surface area contributed by atoms with E-state index in [1.54, 1.807) is 4.90 Å². The van der Waals surface area contributed by atoms with Crippen molar-refractivity contribution in [3.63, 3.8) is 0 Å². The van der Waals surface area contributed by atoms with Crippen molar-refractivity contribution in [1.29, 1.82) is 0 Å². The number of likely N-dealkylation sites (tertiary alicyclic amines) is 1. The molecule has 1 aliphatic heterocycles. The van der Waals surface area contributed by atoms with Gasteiger partial charge in [0.15, 0.2) is 0 Å². The molecule has 120 valence electrons. The van der Waals surface area contributed by atoms with Crippen LogP contribution in [0.25, 0.3) is 0 Å². The number of carboxylic acids is 1. The molecule has 1 saturated heterocycles. The highest BCUT2D eigenvalue weighted by Crippen LogP contribution is 2.26. The number of amides is 1. The molecule has 0 spiro atoms. The zero-order valence-electron chi connectivity index (χ0n) is 13.8. The lowest BCUT2D eigenvalue weighted by atomic mass is 9.85. The molecule has 1 fully saturated rings. The molecule has 2 atom stereocenters. The summed E-state index contributed by atoms with van der Waals surface area (Å²) in [4.78, 5) is 24.6. The van der Waals surface area contributed by atoms with E-state index in [2.05, 4.69) is 52.0 Å². The number of nitrogens with zero attached hydrogens (tertiary/aromatic N) is 1. The molecule has 0 radical (unpaired) electrons. The van der Waals surface area contributed by atoms with Crippen molar-refractivity contribution in [2.45, 2.75) is 45.4 Å². The zero-order chi connectivity index (χ0) is 16.5. The Bertz CT molecular complexity index is 557. The van der Waals surface area contributed by atoms with Gasteiger partial charge in [-0.3, -0.25) is 9.59 Å². The first-order valence-electron chi connectivity index (χ1n) is 7.79. The third-order valence-electron chi connectivity index (χ3n) is 4.40. The van der Waals surface area contributed by atoms with E-state index in [0.717, 1.165) is 0 Å². The minimum Gasteiger partial charge on any atom is -0.481 e. The Hall–Kier alpha value is -1.84. The van der Waals surface area contributed by atoms with Gasteiger partial charge in [-0.15, -0.1) is 0 Å². The molecule has 2 rings (SSSR count). The van der Waals surface area contributed by atoms with Gasteiger partial charge in [0, 0.05) is 19.5 Å². The fourth-order valence-corrected chi connectivity index (χ4v) is 2.86. The fraction of sp³-hybridized carbons (Fsp3) is 0.556. The lowest BCUT2D eigenvalue weighted by Crippen LogP contribution is -2.30. The van der Waals surface area contributed by atoms with Crippen LogP contribution in [0.4, 0.5) is 0 Å². The average molecular weight is 303 g/mol. The number of carbonyl (C=O) groups excluding carboxylic acids is 1. The van der Waals surface area contributed by atoms with E-state index in [1.165, 1.54) is 11.1 Å². The maximum absolute atomic E-state index is 11.9. The van der Waals surface area contributed by atoms with Crippen LogP contribution in [0.15, 0.2) is 24.3 Å². The number of rotatable bonds is 4. The monoisotopic (exact) mass is 303 g/mol. The molecule has 0 aromatic heterocycles. The molecular weight excluding hydrogens is 278 g/mol. The van der Waals surface area contributed by atoms with E-state index < -0.39 is 11.9 Å². The molecule has 1 N–H and O–H groups in total. The lowest BCUT2D eigenvalue weighted by molar-refractivity contribution is -0.141. The van der Waals surface area contributed by atoms with Crippen LogP contribution in [0, 0.1) is 5.92 Å². The van der Waals surface area contributed by atoms with Gasteiger partial charge in [-0.05, 0) is 22.5 Å². The Kier molecular flexibility index (Phi) is 4.59. The molecule has 0 bridgehead atoms. The molecule has 1 heterocycles. The SMILES string of the molecule is C[C@H](CN1C[C@H](C(=O)O)CC1=O)c1ccc(C(C)(C)C)cc1. The second-order valence-electron chi connectivity index (χ2n) is 7.31. The van der Waals surface area contributed by atoms with Crippen molar-refractivity contribution >= 4 is 11.9 Å². The summed E-state index contributed by atoms with van der Waals surface area (Å²) in [5, 5.41) is 9.03. The third-order valence-corrected chi connectivity index (χ3v) is 4.40. The van der Waals surface area contributed by atoms with Crippen molar-refractivity contribution in [1.82, 2.24) is 4.90 Å². The van der Waals surface area contributed by atoms with Crippen molar-refractivity contribution in [3.8, 4) is 0 Å². The van der Waals surface area contributed by atoms with E-state index in [-0.39, 0.29) is 23.7 Å². The van der Waals surface area contributed by atoms with Gasteiger partial charge in [0.05, 0.1) is 5.92 Å². The van der Waals surface area contributed by atoms with Gasteiger partial charge in [-0.1, -0.05) is 52.0 Å². The van der Waals surface area contributed by atoms with Gasteiger partial charge >= 0.3 is 5.97 Å². The fourth-order valence-electron chi connectivity index (χ4n) is 2.86. The van der Waals surface area contributed by atoms with Crippen molar-refractivity contribution in [3.05, 3.63) is 35.4 Å². The second kappa shape index (κ2) is 6.11. The van der Waals surface area contributed by atoms with E-state index in [4.69, 9.17) is 5.11 Å². The van der Waals surface area contributed by atoms with Crippen molar-refractivity contribution < 1.29 is 14.7 Å². The Balaban J connectivity index is 2.02. The first-order valence-corrected chi connectivity index (χ1v) is 7.79. The maximum atomic E-state index is 11.9. The summed E-state index contributed by atoms with van der Waals surface area (Å²) in [6.45, 7) is 9.53. The van der Waals surface area contributed by atoms with Gasteiger partial charge in [-0.25, -0.2) is 0 Å². The lowest BCUT2D eigenvalue weighted by Gasteiger charge is -2.23. The number of carboxylic acid groups (broad SMARTS) is 1. The van der Waals surface area contributed by atoms with Crippen LogP contribution in [0.2, 0.25) is 0 Å². The number of aliphatic carboxylic acids is 1. The summed E-state index contributed by atoms with van der Waals surface area (Å²) >= 11 is 0. The van der Waals surface area contributed by atoms with Gasteiger partial charge in [0.25, 0.3) is 0 Å². The predicted molar refractivity (Wildman–Crippen MR) is 85.9 cm³/mol. The molecule has 1 aliphatic rings. The molecule has 0 unspecified atom stereocenters. The average Bonchev–Trinajstić information content (AvgIpc) is 2.79. The highest BCUT2D eigenvalue weighted by molar-refractivity contribution is 5.86. The minimum absolute atomic E-state index is 0.0504. The Morgan fingerprint density at radius 1 is 1.32 bits per heavy atom. The normalized spacial score (nSPS) is 20.3. The van der Waals surface area contributed by atoms with Crippen LogP contribution in [0.3, 0.4) is 0 Å². The van der Waals surface area contributed by atoms with Gasteiger partial charge in [0.2, 0.25) is 5.91 Å². The quantitative estimate of drug-likeness (QED) is 0.930. The van der Waals surface area contributed by atoms with Crippen LogP contribution in [0.1, 0.15) is 51.2 Å². The summed E-state index contributed by atoms with van der Waals surface area (Å²) in [6.07, 6.45) is 0.130. The highest BCUT2D eigenvalue weighted by atomic mass is 16.4. The molecule has 0 saturated carbocycles. The van der Waals surface area contributed by atoms with Gasteiger partial charge in [-0.2, -0.15) is 0 Å². The predicted octanol–water partition coefficient (Wildman–Crippen LogP) is 3.02. The topological polar surface area (TPSA) is 57.6 Å². The number of hydrogen-bond acceptors (Lipinski definition) is 2. The number of carbonyl (C=O) groups is 2. The Labute approximate surface area is 132 Å². The first kappa shape index (κ1) is 16.5. The number of benzene rings is 1. The summed E-state index contributed by atoms with van der Waals surface area (Å²) in [5.41, 5.74) is 2.59. The number of hydrogen-bond donors (Lipinski definition) is 1. The Morgan fingerprint density at radius 2 is 1.91 bits per heavy atom. The summed E-state index contributed by atoms with van der Waals surface area (Å²) in [7, 11) is 0. The second-order valence-corrected chi connectivity index (χ2v) is 7.31. The Morgan fingerprint density at radius 3 is 2.36 bits per heavy atom. The van der Waals surface area contributed by atoms with Crippen LogP contribution in [-0.4, -0.2) is 35.0 Å². The molecular formula is C18H25NO3. The van der Waals surface area contributed by atoms with Crippen LogP contribution < -0.4 is 0 Å². The van der Waals surface area contributed by atoms with Crippen LogP contribution in [0.5, 0.6) is 0 Å². The van der Waals surface area contributed by atoms with Gasteiger partial charge in [0.1, 0.15) is 0 Å². The summed E-state index contributed by atoms with van der Waals surface area (Å²) in [6, 6.07) is 8.50. The van der Waals surface area contributed by atoms with E-state index in [0.29, 0.717) is 13.1 Å². The molecule has 1 amide bonds. The summed E-state index contributed by atoms with van der Waals surface area (Å²) in [5.74, 6) is -1.28. The smallest absolute Gasteiger partial charge is 0.308 e. The molecule has 1 aromatic rings. The first-order chi connectivity index (χ1) is 10.2. The largest absolute Gasteiger partial charge is 0.481 e. The molecule has 4 nitrogen and oxygen atoms in total. The van der Waals surface area contributed by atoms with E-state index in [9.17, 15) is 9.59 Å². The van der Waals surface area contributed by atoms with Crippen molar-refractivity contribution in [2.75, 3.05) is 13.1 Å².